The summed E-state index contributed by atoms with van der Waals surface area (Å²) in [6.45, 7) is 2.81. The highest BCUT2D eigenvalue weighted by molar-refractivity contribution is 7.98. The van der Waals surface area contributed by atoms with Crippen LogP contribution in [0.2, 0.25) is 0 Å². The molecule has 0 amide bonds. The quantitative estimate of drug-likeness (QED) is 0.163. The van der Waals surface area contributed by atoms with E-state index in [4.69, 9.17) is 4.98 Å². The van der Waals surface area contributed by atoms with Crippen LogP contribution in [0.4, 0.5) is 5.69 Å². The van der Waals surface area contributed by atoms with Crippen molar-refractivity contribution in [1.82, 2.24) is 9.55 Å². The summed E-state index contributed by atoms with van der Waals surface area (Å²) in [7, 11) is 0. The van der Waals surface area contributed by atoms with Gasteiger partial charge in [0.15, 0.2) is 5.16 Å². The highest BCUT2D eigenvalue weighted by atomic mass is 32.2. The molecule has 3 rings (SSSR count). The first-order valence-corrected chi connectivity index (χ1v) is 10.4. The van der Waals surface area contributed by atoms with Crippen LogP contribution in [-0.4, -0.2) is 14.5 Å². The molecule has 0 radical (unpaired) electrons. The fourth-order valence-corrected chi connectivity index (χ4v) is 3.99. The highest BCUT2D eigenvalue weighted by Crippen LogP contribution is 2.24. The zero-order valence-electron chi connectivity index (χ0n) is 15.8. The summed E-state index contributed by atoms with van der Waals surface area (Å²) < 4.78 is 1.77. The van der Waals surface area contributed by atoms with Crippen molar-refractivity contribution in [3.8, 4) is 0 Å². The molecule has 1 heterocycles. The smallest absolute Gasteiger partial charge is 0.269 e. The molecule has 6 nitrogen and oxygen atoms in total. The Kier molecular flexibility index (Phi) is 6.81. The summed E-state index contributed by atoms with van der Waals surface area (Å²) in [6.07, 6.45) is 4.33. The minimum Gasteiger partial charge on any atom is -0.287 e. The van der Waals surface area contributed by atoms with Crippen molar-refractivity contribution < 1.29 is 4.92 Å². The molecule has 0 saturated heterocycles. The fourth-order valence-electron chi connectivity index (χ4n) is 3.01. The second kappa shape index (κ2) is 9.50. The molecule has 0 fully saturated rings. The van der Waals surface area contributed by atoms with E-state index in [1.54, 1.807) is 16.7 Å². The van der Waals surface area contributed by atoms with Crippen LogP contribution >= 0.6 is 11.8 Å². The van der Waals surface area contributed by atoms with Crippen molar-refractivity contribution in [1.29, 1.82) is 0 Å². The van der Waals surface area contributed by atoms with Crippen molar-refractivity contribution in [2.75, 3.05) is 0 Å². The van der Waals surface area contributed by atoms with Crippen LogP contribution in [0.3, 0.4) is 0 Å². The number of thioether (sulfide) groups is 1. The Balaban J connectivity index is 1.85. The molecule has 2 aromatic carbocycles. The number of non-ortho nitro benzene ring substituents is 1. The summed E-state index contributed by atoms with van der Waals surface area (Å²) in [5.74, 6) is 0.595. The van der Waals surface area contributed by atoms with Crippen LogP contribution < -0.4 is 5.56 Å². The summed E-state index contributed by atoms with van der Waals surface area (Å²) in [5, 5.41) is 12.1. The Morgan fingerprint density at radius 3 is 2.54 bits per heavy atom. The molecule has 0 aliphatic rings. The molecule has 0 saturated carbocycles. The highest BCUT2D eigenvalue weighted by Gasteiger charge is 2.12. The van der Waals surface area contributed by atoms with E-state index in [-0.39, 0.29) is 11.2 Å². The molecule has 0 spiro atoms. The largest absolute Gasteiger partial charge is 0.287 e. The van der Waals surface area contributed by atoms with Gasteiger partial charge in [0.25, 0.3) is 11.2 Å². The summed E-state index contributed by atoms with van der Waals surface area (Å²) in [6, 6.07) is 13.9. The van der Waals surface area contributed by atoms with Gasteiger partial charge in [-0.25, -0.2) is 4.98 Å². The SMILES string of the molecule is CCCCCCn1c(SCc2ccc([N+](=O)[O-])cc2)nc2ccccc2c1=O. The van der Waals surface area contributed by atoms with E-state index < -0.39 is 4.92 Å². The van der Waals surface area contributed by atoms with Gasteiger partial charge in [-0.3, -0.25) is 19.5 Å². The van der Waals surface area contributed by atoms with Crippen LogP contribution in [0.5, 0.6) is 0 Å². The number of hydrogen-bond donors (Lipinski definition) is 0. The third-order valence-corrected chi connectivity index (χ3v) is 5.62. The van der Waals surface area contributed by atoms with E-state index in [1.165, 1.54) is 23.9 Å². The minimum atomic E-state index is -0.407. The molecular weight excluding hydrogens is 374 g/mol. The molecule has 0 unspecified atom stereocenters. The molecular formula is C21H23N3O3S. The molecule has 28 heavy (non-hydrogen) atoms. The monoisotopic (exact) mass is 397 g/mol. The first kappa shape index (κ1) is 20.1. The van der Waals surface area contributed by atoms with Crippen molar-refractivity contribution in [3.63, 3.8) is 0 Å². The molecule has 146 valence electrons. The zero-order valence-corrected chi connectivity index (χ0v) is 16.7. The van der Waals surface area contributed by atoms with E-state index >= 15 is 0 Å². The third-order valence-electron chi connectivity index (χ3n) is 4.58. The Labute approximate surface area is 167 Å². The lowest BCUT2D eigenvalue weighted by Crippen LogP contribution is -2.23. The maximum Gasteiger partial charge on any atom is 0.269 e. The summed E-state index contributed by atoms with van der Waals surface area (Å²) >= 11 is 1.49. The Morgan fingerprint density at radius 2 is 1.82 bits per heavy atom. The number of para-hydroxylation sites is 1. The van der Waals surface area contributed by atoms with E-state index in [0.717, 1.165) is 31.2 Å². The van der Waals surface area contributed by atoms with E-state index in [0.29, 0.717) is 28.4 Å². The number of hydrogen-bond acceptors (Lipinski definition) is 5. The Morgan fingerprint density at radius 1 is 1.07 bits per heavy atom. The van der Waals surface area contributed by atoms with Gasteiger partial charge in [-0.15, -0.1) is 0 Å². The number of aromatic nitrogens is 2. The topological polar surface area (TPSA) is 78.0 Å². The van der Waals surface area contributed by atoms with E-state index in [9.17, 15) is 14.9 Å². The lowest BCUT2D eigenvalue weighted by molar-refractivity contribution is -0.384. The summed E-state index contributed by atoms with van der Waals surface area (Å²) in [5.41, 5.74) is 1.72. The number of nitro benzene ring substituents is 1. The van der Waals surface area contributed by atoms with Crippen LogP contribution in [-0.2, 0) is 12.3 Å². The average Bonchev–Trinajstić information content (AvgIpc) is 2.71. The third kappa shape index (κ3) is 4.78. The van der Waals surface area contributed by atoms with E-state index in [1.807, 2.05) is 24.3 Å². The molecule has 0 N–H and O–H groups in total. The van der Waals surface area contributed by atoms with Gasteiger partial charge in [-0.2, -0.15) is 0 Å². The van der Waals surface area contributed by atoms with Crippen molar-refractivity contribution in [3.05, 3.63) is 74.6 Å². The second-order valence-electron chi connectivity index (χ2n) is 6.64. The number of benzene rings is 2. The zero-order chi connectivity index (χ0) is 19.9. The normalized spacial score (nSPS) is 11.0. The maximum absolute atomic E-state index is 13.0. The first-order chi connectivity index (χ1) is 13.6. The molecule has 7 heteroatoms. The molecule has 3 aromatic rings. The maximum atomic E-state index is 13.0. The van der Waals surface area contributed by atoms with Gasteiger partial charge < -0.3 is 0 Å². The second-order valence-corrected chi connectivity index (χ2v) is 7.58. The molecule has 1 aromatic heterocycles. The van der Waals surface area contributed by atoms with Gasteiger partial charge in [0, 0.05) is 24.4 Å². The minimum absolute atomic E-state index is 0.00621. The Hall–Kier alpha value is -2.67. The Bertz CT molecular complexity index is 1020. The van der Waals surface area contributed by atoms with Crippen LogP contribution in [0, 0.1) is 10.1 Å². The van der Waals surface area contributed by atoms with Gasteiger partial charge in [0.1, 0.15) is 0 Å². The van der Waals surface area contributed by atoms with Gasteiger partial charge >= 0.3 is 0 Å². The first-order valence-electron chi connectivity index (χ1n) is 9.46. The predicted molar refractivity (Wildman–Crippen MR) is 113 cm³/mol. The van der Waals surface area contributed by atoms with Gasteiger partial charge in [0.05, 0.1) is 15.8 Å². The van der Waals surface area contributed by atoms with Gasteiger partial charge in [0.2, 0.25) is 0 Å². The number of nitrogens with zero attached hydrogens (tertiary/aromatic N) is 3. The molecule has 0 bridgehead atoms. The number of unbranched alkanes of at least 4 members (excludes halogenated alkanes) is 3. The fraction of sp³-hybridized carbons (Fsp3) is 0.333. The predicted octanol–water partition coefficient (Wildman–Crippen LogP) is 5.18. The molecule has 0 aliphatic heterocycles. The summed E-state index contributed by atoms with van der Waals surface area (Å²) in [4.78, 5) is 28.1. The molecule has 0 atom stereocenters. The number of rotatable bonds is 9. The average molecular weight is 398 g/mol. The van der Waals surface area contributed by atoms with Crippen LogP contribution in [0.25, 0.3) is 10.9 Å². The van der Waals surface area contributed by atoms with E-state index in [2.05, 4.69) is 6.92 Å². The van der Waals surface area contributed by atoms with Gasteiger partial charge in [-0.1, -0.05) is 62.2 Å². The van der Waals surface area contributed by atoms with Crippen LogP contribution in [0.15, 0.2) is 58.5 Å². The van der Waals surface area contributed by atoms with Crippen molar-refractivity contribution in [2.24, 2.45) is 0 Å². The molecule has 0 aliphatic carbocycles. The van der Waals surface area contributed by atoms with Crippen molar-refractivity contribution in [2.45, 2.75) is 50.1 Å². The van der Waals surface area contributed by atoms with Gasteiger partial charge in [-0.05, 0) is 24.1 Å². The number of nitro groups is 1. The number of fused-ring (bicyclic) bond motifs is 1. The lowest BCUT2D eigenvalue weighted by Gasteiger charge is -2.13. The lowest BCUT2D eigenvalue weighted by atomic mass is 10.2. The van der Waals surface area contributed by atoms with Crippen molar-refractivity contribution >= 4 is 28.4 Å². The standard InChI is InChI=1S/C21H23N3O3S/c1-2-3-4-7-14-23-20(25)18-8-5-6-9-19(18)22-21(23)28-15-16-10-12-17(13-11-16)24(26)27/h5-6,8-13H,2-4,7,14-15H2,1H3. The van der Waals surface area contributed by atoms with Crippen LogP contribution in [0.1, 0.15) is 38.2 Å².